The van der Waals surface area contributed by atoms with Crippen LogP contribution < -0.4 is 4.72 Å². The van der Waals surface area contributed by atoms with Crippen molar-refractivity contribution in [3.05, 3.63) is 29.8 Å². The molecule has 1 unspecified atom stereocenters. The second-order valence-corrected chi connectivity index (χ2v) is 5.99. The van der Waals surface area contributed by atoms with Crippen LogP contribution in [0.2, 0.25) is 0 Å². The summed E-state index contributed by atoms with van der Waals surface area (Å²) in [4.78, 5) is 10.4. The van der Waals surface area contributed by atoms with Gasteiger partial charge in [0.15, 0.2) is 0 Å². The van der Waals surface area contributed by atoms with Crippen LogP contribution in [0.15, 0.2) is 29.2 Å². The number of benzene rings is 1. The number of hydrogen-bond donors (Lipinski definition) is 4. The minimum Gasteiger partial charge on any atom is -0.481 e. The van der Waals surface area contributed by atoms with Crippen molar-refractivity contribution in [2.75, 3.05) is 13.2 Å². The molecule has 0 bridgehead atoms. The van der Waals surface area contributed by atoms with Crippen LogP contribution in [0.5, 0.6) is 0 Å². The van der Waals surface area contributed by atoms with Gasteiger partial charge in [0.05, 0.1) is 17.6 Å². The highest BCUT2D eigenvalue weighted by atomic mass is 32.2. The van der Waals surface area contributed by atoms with Crippen LogP contribution in [0.25, 0.3) is 0 Å². The highest BCUT2D eigenvalue weighted by Crippen LogP contribution is 2.11. The lowest BCUT2D eigenvalue weighted by Crippen LogP contribution is -2.33. The van der Waals surface area contributed by atoms with Gasteiger partial charge in [0, 0.05) is 13.0 Å². The molecule has 1 aromatic carbocycles. The van der Waals surface area contributed by atoms with E-state index in [9.17, 15) is 13.2 Å². The lowest BCUT2D eigenvalue weighted by molar-refractivity contribution is -0.136. The molecule has 0 spiro atoms. The fraction of sp³-hybridized carbons (Fsp3) is 0.417. The minimum atomic E-state index is -3.75. The first kappa shape index (κ1) is 16.6. The van der Waals surface area contributed by atoms with Crippen molar-refractivity contribution in [3.8, 4) is 0 Å². The van der Waals surface area contributed by atoms with E-state index in [1.807, 2.05) is 0 Å². The Hall–Kier alpha value is -1.48. The van der Waals surface area contributed by atoms with Crippen molar-refractivity contribution in [2.45, 2.75) is 23.8 Å². The van der Waals surface area contributed by atoms with Crippen LogP contribution in [-0.2, 0) is 21.2 Å². The molecule has 20 heavy (non-hydrogen) atoms. The molecule has 1 atom stereocenters. The normalized spacial score (nSPS) is 13.1. The maximum Gasteiger partial charge on any atom is 0.303 e. The van der Waals surface area contributed by atoms with Crippen LogP contribution in [0, 0.1) is 0 Å². The predicted molar refractivity (Wildman–Crippen MR) is 70.7 cm³/mol. The molecule has 112 valence electrons. The highest BCUT2D eigenvalue weighted by Gasteiger charge is 2.15. The van der Waals surface area contributed by atoms with E-state index in [0.717, 1.165) is 5.56 Å². The summed E-state index contributed by atoms with van der Waals surface area (Å²) in [6.07, 6.45) is -0.848. The topological polar surface area (TPSA) is 124 Å². The fourth-order valence-electron chi connectivity index (χ4n) is 1.44. The van der Waals surface area contributed by atoms with Gasteiger partial charge in [0.25, 0.3) is 0 Å². The largest absolute Gasteiger partial charge is 0.481 e. The highest BCUT2D eigenvalue weighted by molar-refractivity contribution is 7.89. The van der Waals surface area contributed by atoms with Crippen molar-refractivity contribution >= 4 is 16.0 Å². The van der Waals surface area contributed by atoms with Crippen molar-refractivity contribution in [1.82, 2.24) is 4.72 Å². The summed E-state index contributed by atoms with van der Waals surface area (Å²) in [6, 6.07) is 5.82. The summed E-state index contributed by atoms with van der Waals surface area (Å²) in [5.41, 5.74) is 0.724. The lowest BCUT2D eigenvalue weighted by atomic mass is 10.1. The van der Waals surface area contributed by atoms with E-state index >= 15 is 0 Å². The Morgan fingerprint density at radius 3 is 2.35 bits per heavy atom. The third kappa shape index (κ3) is 5.25. The molecular weight excluding hydrogens is 286 g/mol. The Kier molecular flexibility index (Phi) is 6.08. The molecule has 0 aliphatic heterocycles. The van der Waals surface area contributed by atoms with Gasteiger partial charge in [-0.2, -0.15) is 0 Å². The molecule has 0 saturated heterocycles. The summed E-state index contributed by atoms with van der Waals surface area (Å²) in [5.74, 6) is -0.915. The van der Waals surface area contributed by atoms with Gasteiger partial charge in [0.2, 0.25) is 10.0 Å². The molecule has 7 nitrogen and oxygen atoms in total. The summed E-state index contributed by atoms with van der Waals surface area (Å²) < 4.78 is 25.8. The molecule has 0 amide bonds. The van der Waals surface area contributed by atoms with Crippen molar-refractivity contribution < 1.29 is 28.5 Å². The van der Waals surface area contributed by atoms with Crippen LogP contribution >= 0.6 is 0 Å². The molecule has 0 fully saturated rings. The first-order valence-electron chi connectivity index (χ1n) is 5.94. The van der Waals surface area contributed by atoms with Crippen LogP contribution in [-0.4, -0.2) is 49.0 Å². The lowest BCUT2D eigenvalue weighted by Gasteiger charge is -2.10. The fourth-order valence-corrected chi connectivity index (χ4v) is 2.51. The number of sulfonamides is 1. The van der Waals surface area contributed by atoms with E-state index < -0.39 is 28.7 Å². The van der Waals surface area contributed by atoms with E-state index in [0.29, 0.717) is 6.42 Å². The number of hydrogen-bond acceptors (Lipinski definition) is 5. The van der Waals surface area contributed by atoms with Crippen molar-refractivity contribution in [1.29, 1.82) is 0 Å². The average Bonchev–Trinajstić information content (AvgIpc) is 2.43. The summed E-state index contributed by atoms with van der Waals surface area (Å²) >= 11 is 0. The summed E-state index contributed by atoms with van der Waals surface area (Å²) in [5, 5.41) is 26.3. The molecule has 1 aromatic rings. The summed E-state index contributed by atoms with van der Waals surface area (Å²) in [7, 11) is -3.75. The standard InChI is InChI=1S/C12H17NO6S/c14-8-10(15)7-13-20(18,19)11-4-1-9(2-5-11)3-6-12(16)17/h1-2,4-5,10,13-15H,3,6-8H2,(H,16,17). The van der Waals surface area contributed by atoms with Gasteiger partial charge < -0.3 is 15.3 Å². The molecule has 1 rings (SSSR count). The second kappa shape index (κ2) is 7.34. The number of aliphatic hydroxyl groups excluding tert-OH is 2. The van der Waals surface area contributed by atoms with Gasteiger partial charge in [0.1, 0.15) is 0 Å². The molecule has 0 aromatic heterocycles. The molecule has 0 heterocycles. The molecule has 0 saturated carbocycles. The Bertz CT molecular complexity index is 540. The van der Waals surface area contributed by atoms with E-state index in [-0.39, 0.29) is 17.9 Å². The van der Waals surface area contributed by atoms with Crippen molar-refractivity contribution in [2.24, 2.45) is 0 Å². The number of carbonyl (C=O) groups is 1. The smallest absolute Gasteiger partial charge is 0.303 e. The Labute approximate surface area is 116 Å². The number of aryl methyl sites for hydroxylation is 1. The van der Waals surface area contributed by atoms with Crippen molar-refractivity contribution in [3.63, 3.8) is 0 Å². The number of rotatable bonds is 8. The van der Waals surface area contributed by atoms with Crippen LogP contribution in [0.4, 0.5) is 0 Å². The van der Waals surface area contributed by atoms with E-state index in [1.54, 1.807) is 12.1 Å². The first-order chi connectivity index (χ1) is 9.35. The average molecular weight is 303 g/mol. The third-order valence-corrected chi connectivity index (χ3v) is 4.02. The Balaban J connectivity index is 2.69. The molecular formula is C12H17NO6S. The number of aliphatic carboxylic acids is 1. The zero-order chi connectivity index (χ0) is 15.2. The number of carboxylic acid groups (broad SMARTS) is 1. The van der Waals surface area contributed by atoms with Crippen LogP contribution in [0.3, 0.4) is 0 Å². The minimum absolute atomic E-state index is 0.0155. The number of carboxylic acids is 1. The maximum atomic E-state index is 11.8. The number of aliphatic hydroxyl groups is 2. The molecule has 0 aliphatic carbocycles. The monoisotopic (exact) mass is 303 g/mol. The van der Waals surface area contributed by atoms with Gasteiger partial charge in [-0.3, -0.25) is 4.79 Å². The van der Waals surface area contributed by atoms with Gasteiger partial charge in [-0.05, 0) is 24.1 Å². The van der Waals surface area contributed by atoms with Gasteiger partial charge in [-0.1, -0.05) is 12.1 Å². The first-order valence-corrected chi connectivity index (χ1v) is 7.43. The van der Waals surface area contributed by atoms with Gasteiger partial charge >= 0.3 is 5.97 Å². The number of nitrogens with one attached hydrogen (secondary N) is 1. The summed E-state index contributed by atoms with van der Waals surface area (Å²) in [6.45, 7) is -0.809. The molecule has 0 radical (unpaired) electrons. The maximum absolute atomic E-state index is 11.8. The van der Waals surface area contributed by atoms with E-state index in [2.05, 4.69) is 4.72 Å². The predicted octanol–water partition coefficient (Wildman–Crippen LogP) is -0.665. The third-order valence-electron chi connectivity index (χ3n) is 2.58. The zero-order valence-electron chi connectivity index (χ0n) is 10.7. The van der Waals surface area contributed by atoms with Crippen LogP contribution in [0.1, 0.15) is 12.0 Å². The quantitative estimate of drug-likeness (QED) is 0.505. The molecule has 0 aliphatic rings. The Morgan fingerprint density at radius 2 is 1.85 bits per heavy atom. The van der Waals surface area contributed by atoms with Gasteiger partial charge in [-0.15, -0.1) is 0 Å². The van der Waals surface area contributed by atoms with E-state index in [4.69, 9.17) is 15.3 Å². The molecule has 8 heteroatoms. The SMILES string of the molecule is O=C(O)CCc1ccc(S(=O)(=O)NCC(O)CO)cc1. The molecule has 4 N–H and O–H groups in total. The Morgan fingerprint density at radius 1 is 1.25 bits per heavy atom. The zero-order valence-corrected chi connectivity index (χ0v) is 11.5. The van der Waals surface area contributed by atoms with E-state index in [1.165, 1.54) is 12.1 Å². The second-order valence-electron chi connectivity index (χ2n) is 4.23. The van der Waals surface area contributed by atoms with Gasteiger partial charge in [-0.25, -0.2) is 13.1 Å².